The fourth-order valence-electron chi connectivity index (χ4n) is 6.14. The van der Waals surface area contributed by atoms with Crippen molar-refractivity contribution >= 4 is 39.1 Å². The summed E-state index contributed by atoms with van der Waals surface area (Å²) in [4.78, 5) is 30.5. The monoisotopic (exact) mass is 687 g/mol. The lowest BCUT2D eigenvalue weighted by Gasteiger charge is -2.34. The van der Waals surface area contributed by atoms with Crippen LogP contribution in [0.5, 0.6) is 5.75 Å². The van der Waals surface area contributed by atoms with Crippen LogP contribution in [0.25, 0.3) is 0 Å². The van der Waals surface area contributed by atoms with Gasteiger partial charge in [0.2, 0.25) is 11.8 Å². The van der Waals surface area contributed by atoms with E-state index >= 15 is 0 Å². The number of methoxy groups -OCH3 is 1. The molecule has 2 amide bonds. The summed E-state index contributed by atoms with van der Waals surface area (Å²) in [6.45, 7) is 3.33. The van der Waals surface area contributed by atoms with Gasteiger partial charge in [-0.2, -0.15) is 0 Å². The van der Waals surface area contributed by atoms with E-state index < -0.39 is 28.5 Å². The third kappa shape index (κ3) is 8.57. The maximum atomic E-state index is 14.8. The Hall–Kier alpha value is -4.34. The summed E-state index contributed by atoms with van der Waals surface area (Å²) in [5, 5.41) is 3.48. The number of anilines is 1. The first-order valence-electron chi connectivity index (χ1n) is 16.2. The van der Waals surface area contributed by atoms with Crippen LogP contribution in [0.4, 0.5) is 5.69 Å². The minimum absolute atomic E-state index is 0.00738. The molecule has 1 unspecified atom stereocenters. The third-order valence-electron chi connectivity index (χ3n) is 8.71. The number of carbonyl (C=O) groups excluding carboxylic acids is 2. The van der Waals surface area contributed by atoms with E-state index in [0.29, 0.717) is 0 Å². The molecule has 0 radical (unpaired) electrons. The summed E-state index contributed by atoms with van der Waals surface area (Å²) < 4.78 is 35.4. The fourth-order valence-corrected chi connectivity index (χ4v) is 7.72. The van der Waals surface area contributed by atoms with Crippen LogP contribution in [0.15, 0.2) is 102 Å². The molecule has 0 aliphatic heterocycles. The first-order valence-corrected chi connectivity index (χ1v) is 18.0. The molecular formula is C38H42ClN3O5S. The van der Waals surface area contributed by atoms with Crippen LogP contribution in [0.1, 0.15) is 47.9 Å². The second-order valence-electron chi connectivity index (χ2n) is 12.3. The van der Waals surface area contributed by atoms with E-state index in [1.54, 1.807) is 24.3 Å². The summed E-state index contributed by atoms with van der Waals surface area (Å²) >= 11 is 6.39. The average molecular weight is 688 g/mol. The van der Waals surface area contributed by atoms with Crippen molar-refractivity contribution < 1.29 is 22.7 Å². The minimum Gasteiger partial charge on any atom is -0.495 e. The molecule has 0 aromatic heterocycles. The Morgan fingerprint density at radius 3 is 2.23 bits per heavy atom. The van der Waals surface area contributed by atoms with Gasteiger partial charge >= 0.3 is 0 Å². The van der Waals surface area contributed by atoms with E-state index in [2.05, 4.69) is 5.32 Å². The number of hydrogen-bond donors (Lipinski definition) is 1. The second-order valence-corrected chi connectivity index (χ2v) is 14.6. The van der Waals surface area contributed by atoms with Gasteiger partial charge in [0.05, 0.1) is 17.7 Å². The number of benzene rings is 4. The lowest BCUT2D eigenvalue weighted by atomic mass is 10.0. The molecule has 1 aliphatic rings. The van der Waals surface area contributed by atoms with E-state index in [0.717, 1.165) is 52.2 Å². The smallest absolute Gasteiger partial charge is 0.264 e. The van der Waals surface area contributed by atoms with Crippen molar-refractivity contribution in [1.82, 2.24) is 10.2 Å². The molecule has 8 nitrogen and oxygen atoms in total. The van der Waals surface area contributed by atoms with Crippen molar-refractivity contribution in [3.05, 3.63) is 124 Å². The molecule has 5 rings (SSSR count). The van der Waals surface area contributed by atoms with Gasteiger partial charge < -0.3 is 15.0 Å². The van der Waals surface area contributed by atoms with Crippen molar-refractivity contribution in [2.75, 3.05) is 18.0 Å². The number of hydrogen-bond acceptors (Lipinski definition) is 5. The zero-order chi connectivity index (χ0) is 34.3. The van der Waals surface area contributed by atoms with Gasteiger partial charge in [0.25, 0.3) is 10.0 Å². The van der Waals surface area contributed by atoms with Crippen LogP contribution >= 0.6 is 11.6 Å². The number of rotatable bonds is 13. The van der Waals surface area contributed by atoms with Gasteiger partial charge in [-0.15, -0.1) is 0 Å². The number of halogens is 1. The van der Waals surface area contributed by atoms with Crippen molar-refractivity contribution in [2.24, 2.45) is 0 Å². The summed E-state index contributed by atoms with van der Waals surface area (Å²) in [5.41, 5.74) is 3.71. The first kappa shape index (κ1) is 35.0. The van der Waals surface area contributed by atoms with Crippen molar-refractivity contribution in [3.8, 4) is 5.75 Å². The summed E-state index contributed by atoms with van der Waals surface area (Å²) in [6, 6.07) is 27.5. The Balaban J connectivity index is 1.60. The van der Waals surface area contributed by atoms with Crippen LogP contribution < -0.4 is 14.4 Å². The number of amides is 2. The molecule has 0 heterocycles. The van der Waals surface area contributed by atoms with Gasteiger partial charge in [-0.05, 0) is 68.1 Å². The van der Waals surface area contributed by atoms with Gasteiger partial charge in [-0.1, -0.05) is 102 Å². The second kappa shape index (κ2) is 15.7. The molecule has 252 valence electrons. The molecule has 0 saturated heterocycles. The molecule has 10 heteroatoms. The van der Waals surface area contributed by atoms with E-state index in [9.17, 15) is 18.0 Å². The zero-order valence-corrected chi connectivity index (χ0v) is 29.1. The van der Waals surface area contributed by atoms with Gasteiger partial charge in [0, 0.05) is 24.0 Å². The Kier molecular flexibility index (Phi) is 11.4. The van der Waals surface area contributed by atoms with Crippen LogP contribution in [0.3, 0.4) is 0 Å². The predicted molar refractivity (Wildman–Crippen MR) is 190 cm³/mol. The highest BCUT2D eigenvalue weighted by molar-refractivity contribution is 7.92. The highest BCUT2D eigenvalue weighted by Gasteiger charge is 2.36. The van der Waals surface area contributed by atoms with Crippen LogP contribution in [0.2, 0.25) is 5.02 Å². The van der Waals surface area contributed by atoms with Gasteiger partial charge in [-0.3, -0.25) is 13.9 Å². The van der Waals surface area contributed by atoms with Crippen LogP contribution in [-0.2, 0) is 32.6 Å². The Labute approximate surface area is 288 Å². The molecule has 1 aliphatic carbocycles. The lowest BCUT2D eigenvalue weighted by molar-refractivity contribution is -0.140. The normalized spacial score (nSPS) is 13.9. The van der Waals surface area contributed by atoms with E-state index in [4.69, 9.17) is 16.3 Å². The molecule has 1 fully saturated rings. The number of nitrogens with one attached hydrogen (secondary N) is 1. The van der Waals surface area contributed by atoms with E-state index in [1.807, 2.05) is 68.4 Å². The fraction of sp³-hybridized carbons (Fsp3) is 0.316. The van der Waals surface area contributed by atoms with Gasteiger partial charge in [-0.25, -0.2) is 8.42 Å². The Morgan fingerprint density at radius 2 is 1.56 bits per heavy atom. The van der Waals surface area contributed by atoms with Crippen LogP contribution in [-0.4, -0.2) is 50.9 Å². The topological polar surface area (TPSA) is 96.0 Å². The molecule has 1 N–H and O–H groups in total. The molecular weight excluding hydrogens is 646 g/mol. The summed E-state index contributed by atoms with van der Waals surface area (Å²) in [5.74, 6) is -0.579. The molecule has 0 bridgehead atoms. The predicted octanol–water partition coefficient (Wildman–Crippen LogP) is 6.86. The molecule has 4 aromatic carbocycles. The quantitative estimate of drug-likeness (QED) is 0.166. The minimum atomic E-state index is -4.31. The van der Waals surface area contributed by atoms with Crippen molar-refractivity contribution in [3.63, 3.8) is 0 Å². The highest BCUT2D eigenvalue weighted by Crippen LogP contribution is 2.35. The van der Waals surface area contributed by atoms with E-state index in [1.165, 1.54) is 30.2 Å². The SMILES string of the molecule is COc1ccc(Cl)cc1N(CC(=O)N(Cc1cccc(C)c1)C(Cc1ccccc1)C(=O)NC1CCCC1)S(=O)(=O)c1ccc(C)cc1. The van der Waals surface area contributed by atoms with E-state index in [-0.39, 0.29) is 46.3 Å². The molecule has 1 saturated carbocycles. The summed E-state index contributed by atoms with van der Waals surface area (Å²) in [7, 11) is -2.88. The maximum Gasteiger partial charge on any atom is 0.264 e. The average Bonchev–Trinajstić information content (AvgIpc) is 3.58. The Bertz CT molecular complexity index is 1830. The number of carbonyl (C=O) groups is 2. The number of aryl methyl sites for hydroxylation is 2. The molecule has 1 atom stereocenters. The lowest BCUT2D eigenvalue weighted by Crippen LogP contribution is -2.54. The van der Waals surface area contributed by atoms with Crippen LogP contribution in [0, 0.1) is 13.8 Å². The number of sulfonamides is 1. The largest absolute Gasteiger partial charge is 0.495 e. The highest BCUT2D eigenvalue weighted by atomic mass is 35.5. The van der Waals surface area contributed by atoms with Crippen molar-refractivity contribution in [1.29, 1.82) is 0 Å². The Morgan fingerprint density at radius 1 is 0.875 bits per heavy atom. The summed E-state index contributed by atoms with van der Waals surface area (Å²) in [6.07, 6.45) is 4.09. The molecule has 0 spiro atoms. The van der Waals surface area contributed by atoms with Gasteiger partial charge in [0.15, 0.2) is 0 Å². The molecule has 48 heavy (non-hydrogen) atoms. The first-order chi connectivity index (χ1) is 23.0. The maximum absolute atomic E-state index is 14.8. The zero-order valence-electron chi connectivity index (χ0n) is 27.6. The van der Waals surface area contributed by atoms with Gasteiger partial charge in [0.1, 0.15) is 18.3 Å². The standard InChI is InChI=1S/C38H42ClN3O5S/c1-27-16-19-33(20-17-27)48(45,46)42(34-24-31(39)18-21-36(34)47-3)26-37(43)41(25-30-13-9-10-28(2)22-30)35(23-29-11-5-4-6-12-29)38(44)40-32-14-7-8-15-32/h4-6,9-13,16-22,24,32,35H,7-8,14-15,23,25-26H2,1-3H3,(H,40,44). The third-order valence-corrected chi connectivity index (χ3v) is 10.7. The number of ether oxygens (including phenoxy) is 1. The molecule has 4 aromatic rings. The van der Waals surface area contributed by atoms with Crippen molar-refractivity contribution in [2.45, 2.75) is 69.5 Å². The number of nitrogens with zero attached hydrogens (tertiary/aromatic N) is 2.